The molecule has 2 aromatic rings. The Labute approximate surface area is 271 Å². The van der Waals surface area contributed by atoms with Gasteiger partial charge in [0, 0.05) is 12.5 Å². The normalized spacial score (nSPS) is 15.4. The van der Waals surface area contributed by atoms with Gasteiger partial charge in [0.05, 0.1) is 6.42 Å². The second-order valence-electron chi connectivity index (χ2n) is 13.7. The van der Waals surface area contributed by atoms with Gasteiger partial charge in [-0.1, -0.05) is 54.6 Å². The predicted octanol–water partition coefficient (Wildman–Crippen LogP) is 4.26. The lowest BCUT2D eigenvalue weighted by molar-refractivity contribution is -0.159. The summed E-state index contributed by atoms with van der Waals surface area (Å²) in [5.41, 5.74) is 5.93. The molecular formula is C35H48N4O7. The van der Waals surface area contributed by atoms with Gasteiger partial charge in [-0.2, -0.15) is 0 Å². The highest BCUT2D eigenvalue weighted by Gasteiger charge is 2.43. The smallest absolute Gasteiger partial charge is 0.408 e. The first-order valence-electron chi connectivity index (χ1n) is 15.7. The quantitative estimate of drug-likeness (QED) is 0.294. The van der Waals surface area contributed by atoms with E-state index in [0.29, 0.717) is 18.4 Å². The van der Waals surface area contributed by atoms with Gasteiger partial charge in [0.15, 0.2) is 0 Å². The third-order valence-corrected chi connectivity index (χ3v) is 7.42. The molecule has 0 spiro atoms. The van der Waals surface area contributed by atoms with Gasteiger partial charge in [-0.25, -0.2) is 9.59 Å². The first kappa shape index (κ1) is 36.1. The van der Waals surface area contributed by atoms with E-state index < -0.39 is 65.5 Å². The monoisotopic (exact) mass is 636 g/mol. The number of carbonyl (C=O) groups excluding carboxylic acids is 5. The highest BCUT2D eigenvalue weighted by atomic mass is 16.6. The lowest BCUT2D eigenvalue weighted by Gasteiger charge is -2.44. The number of esters is 1. The first-order chi connectivity index (χ1) is 21.4. The number of ether oxygens (including phenoxy) is 2. The molecule has 4 N–H and O–H groups in total. The lowest BCUT2D eigenvalue weighted by Crippen LogP contribution is -2.59. The van der Waals surface area contributed by atoms with Gasteiger partial charge in [0.2, 0.25) is 17.7 Å². The van der Waals surface area contributed by atoms with E-state index in [-0.39, 0.29) is 12.5 Å². The Morgan fingerprint density at radius 2 is 1.43 bits per heavy atom. The van der Waals surface area contributed by atoms with E-state index in [1.165, 1.54) is 4.90 Å². The Balaban J connectivity index is 2.07. The Morgan fingerprint density at radius 3 is 1.96 bits per heavy atom. The summed E-state index contributed by atoms with van der Waals surface area (Å²) in [6, 6.07) is 12.4. The molecule has 1 fully saturated rings. The number of benzene rings is 2. The maximum absolute atomic E-state index is 14.5. The Morgan fingerprint density at radius 1 is 0.848 bits per heavy atom. The standard InChI is InChI=1S/C35H48N4O7/c1-22-14-11-12-19-25(22)29(30(41)37-27(32(43)45-34(2,3)4)20-23-15-9-8-10-16-23)39(24-17-13-18-24)31(42)26(21-28(36)40)38-33(44)46-35(5,6)7/h8-12,14-16,19,24,26-27,29H,13,17-18,20-21H2,1-7H3,(H2,36,40)(H,37,41)(H,38,44). The van der Waals surface area contributed by atoms with Crippen molar-refractivity contribution in [1.82, 2.24) is 15.5 Å². The van der Waals surface area contributed by atoms with Crippen LogP contribution in [0.3, 0.4) is 0 Å². The molecule has 0 aliphatic heterocycles. The minimum absolute atomic E-state index is 0.157. The molecule has 2 aromatic carbocycles. The molecule has 0 bridgehead atoms. The molecule has 0 saturated heterocycles. The predicted molar refractivity (Wildman–Crippen MR) is 173 cm³/mol. The third-order valence-electron chi connectivity index (χ3n) is 7.42. The summed E-state index contributed by atoms with van der Waals surface area (Å²) in [6.07, 6.45) is 0.797. The average Bonchev–Trinajstić information content (AvgIpc) is 2.90. The fourth-order valence-corrected chi connectivity index (χ4v) is 5.19. The molecule has 0 radical (unpaired) electrons. The maximum atomic E-state index is 14.5. The topological polar surface area (TPSA) is 157 Å². The molecule has 11 heteroatoms. The second-order valence-corrected chi connectivity index (χ2v) is 13.7. The highest BCUT2D eigenvalue weighted by molar-refractivity contribution is 5.96. The molecule has 11 nitrogen and oxygen atoms in total. The van der Waals surface area contributed by atoms with E-state index in [4.69, 9.17) is 15.2 Å². The van der Waals surface area contributed by atoms with Gasteiger partial charge in [-0.3, -0.25) is 14.4 Å². The van der Waals surface area contributed by atoms with E-state index >= 15 is 0 Å². The van der Waals surface area contributed by atoms with E-state index in [2.05, 4.69) is 10.6 Å². The van der Waals surface area contributed by atoms with Crippen molar-refractivity contribution in [2.45, 2.75) is 116 Å². The number of amides is 4. The zero-order valence-corrected chi connectivity index (χ0v) is 27.9. The zero-order valence-electron chi connectivity index (χ0n) is 27.9. The number of primary amides is 1. The van der Waals surface area contributed by atoms with Gasteiger partial charge < -0.3 is 30.7 Å². The van der Waals surface area contributed by atoms with E-state index in [1.807, 2.05) is 49.4 Å². The van der Waals surface area contributed by atoms with Gasteiger partial charge in [-0.15, -0.1) is 0 Å². The number of alkyl carbamates (subject to hydrolysis) is 1. The molecular weight excluding hydrogens is 588 g/mol. The number of nitrogens with zero attached hydrogens (tertiary/aromatic N) is 1. The van der Waals surface area contributed by atoms with Crippen molar-refractivity contribution in [3.63, 3.8) is 0 Å². The van der Waals surface area contributed by atoms with Crippen LogP contribution >= 0.6 is 0 Å². The minimum atomic E-state index is -1.39. The summed E-state index contributed by atoms with van der Waals surface area (Å²) >= 11 is 0. The highest BCUT2D eigenvalue weighted by Crippen LogP contribution is 2.35. The van der Waals surface area contributed by atoms with Crippen molar-refractivity contribution < 1.29 is 33.4 Å². The maximum Gasteiger partial charge on any atom is 0.408 e. The number of rotatable bonds is 12. The minimum Gasteiger partial charge on any atom is -0.458 e. The number of nitrogens with one attached hydrogen (secondary N) is 2. The first-order valence-corrected chi connectivity index (χ1v) is 15.7. The number of hydrogen-bond acceptors (Lipinski definition) is 7. The molecule has 3 rings (SSSR count). The van der Waals surface area contributed by atoms with Gasteiger partial charge in [0.1, 0.15) is 29.3 Å². The fraction of sp³-hybridized carbons (Fsp3) is 0.514. The van der Waals surface area contributed by atoms with Crippen LogP contribution in [0.15, 0.2) is 54.6 Å². The van der Waals surface area contributed by atoms with E-state index in [9.17, 15) is 24.0 Å². The van der Waals surface area contributed by atoms with Crippen LogP contribution in [0.2, 0.25) is 0 Å². The largest absolute Gasteiger partial charge is 0.458 e. The molecule has 250 valence electrons. The fourth-order valence-electron chi connectivity index (χ4n) is 5.19. The summed E-state index contributed by atoms with van der Waals surface area (Å²) in [4.78, 5) is 68.7. The zero-order chi connectivity index (χ0) is 34.2. The average molecular weight is 637 g/mol. The molecule has 3 atom stereocenters. The molecule has 4 amide bonds. The van der Waals surface area contributed by atoms with Crippen molar-refractivity contribution in [2.75, 3.05) is 0 Å². The molecule has 46 heavy (non-hydrogen) atoms. The molecule has 1 aliphatic rings. The van der Waals surface area contributed by atoms with E-state index in [0.717, 1.165) is 17.5 Å². The van der Waals surface area contributed by atoms with Gasteiger partial charge in [-0.05, 0) is 84.4 Å². The van der Waals surface area contributed by atoms with Crippen molar-refractivity contribution in [3.8, 4) is 0 Å². The van der Waals surface area contributed by atoms with Crippen LogP contribution in [-0.4, -0.2) is 64.0 Å². The Kier molecular flexibility index (Phi) is 12.0. The van der Waals surface area contributed by atoms with Crippen molar-refractivity contribution in [1.29, 1.82) is 0 Å². The van der Waals surface area contributed by atoms with Gasteiger partial charge >= 0.3 is 12.1 Å². The summed E-state index contributed by atoms with van der Waals surface area (Å²) in [6.45, 7) is 12.1. The van der Waals surface area contributed by atoms with Crippen LogP contribution in [0.25, 0.3) is 0 Å². The molecule has 1 saturated carbocycles. The Hall–Kier alpha value is -4.41. The van der Waals surface area contributed by atoms with Crippen molar-refractivity contribution in [2.24, 2.45) is 5.73 Å². The van der Waals surface area contributed by atoms with Crippen LogP contribution < -0.4 is 16.4 Å². The molecule has 1 aliphatic carbocycles. The van der Waals surface area contributed by atoms with Crippen molar-refractivity contribution in [3.05, 3.63) is 71.3 Å². The summed E-state index contributed by atoms with van der Waals surface area (Å²) in [5, 5.41) is 5.40. The molecule has 0 aromatic heterocycles. The molecule has 3 unspecified atom stereocenters. The number of carbonyl (C=O) groups is 5. The second kappa shape index (κ2) is 15.2. The third kappa shape index (κ3) is 10.6. The molecule has 0 heterocycles. The van der Waals surface area contributed by atoms with Crippen LogP contribution in [0.5, 0.6) is 0 Å². The van der Waals surface area contributed by atoms with Crippen LogP contribution in [0.1, 0.15) is 90.0 Å². The van der Waals surface area contributed by atoms with Crippen LogP contribution in [0.4, 0.5) is 4.79 Å². The summed E-state index contributed by atoms with van der Waals surface area (Å²) in [7, 11) is 0. The number of aryl methyl sites for hydroxylation is 1. The van der Waals surface area contributed by atoms with Crippen LogP contribution in [0, 0.1) is 6.92 Å². The lowest BCUT2D eigenvalue weighted by atomic mass is 9.87. The summed E-state index contributed by atoms with van der Waals surface area (Å²) < 4.78 is 11.1. The van der Waals surface area contributed by atoms with E-state index in [1.54, 1.807) is 53.7 Å². The van der Waals surface area contributed by atoms with Crippen LogP contribution in [-0.2, 0) is 35.1 Å². The Bertz CT molecular complexity index is 1390. The number of hydrogen-bond donors (Lipinski definition) is 3. The summed E-state index contributed by atoms with van der Waals surface area (Å²) in [5.74, 6) is -2.69. The van der Waals surface area contributed by atoms with Crippen molar-refractivity contribution >= 4 is 29.8 Å². The number of nitrogens with two attached hydrogens (primary N) is 1. The SMILES string of the molecule is Cc1ccccc1C(C(=O)NC(Cc1ccccc1)C(=O)OC(C)(C)C)N(C(=O)C(CC(N)=O)NC(=O)OC(C)(C)C)C1CCC1. The van der Waals surface area contributed by atoms with Gasteiger partial charge in [0.25, 0.3) is 0 Å².